The van der Waals surface area contributed by atoms with E-state index in [1.807, 2.05) is 20.8 Å². The summed E-state index contributed by atoms with van der Waals surface area (Å²) in [6, 6.07) is 2.30. The van der Waals surface area contributed by atoms with E-state index in [4.69, 9.17) is 14.7 Å². The minimum absolute atomic E-state index is 0.166. The Bertz CT molecular complexity index is 196. The first-order valence-electron chi connectivity index (χ1n) is 5.53. The van der Waals surface area contributed by atoms with Crippen LogP contribution in [0.15, 0.2) is 0 Å². The highest BCUT2D eigenvalue weighted by Gasteiger charge is 2.15. The van der Waals surface area contributed by atoms with Crippen LogP contribution in [0, 0.1) is 16.7 Å². The number of unbranched alkanes of at least 4 members (excludes halogenated alkanes) is 1. The highest BCUT2D eigenvalue weighted by atomic mass is 16.5. The lowest BCUT2D eigenvalue weighted by atomic mass is 9.89. The molecule has 0 bridgehead atoms. The fourth-order valence-corrected chi connectivity index (χ4v) is 1.29. The van der Waals surface area contributed by atoms with E-state index in [1.165, 1.54) is 0 Å². The normalized spacial score (nSPS) is 13.5. The van der Waals surface area contributed by atoms with E-state index in [0.29, 0.717) is 6.61 Å². The van der Waals surface area contributed by atoms with Crippen molar-refractivity contribution in [1.29, 1.82) is 5.26 Å². The lowest BCUT2D eigenvalue weighted by Gasteiger charge is -2.15. The number of nitrogens with zero attached hydrogens (tertiary/aromatic N) is 1. The summed E-state index contributed by atoms with van der Waals surface area (Å²) in [5, 5.41) is 8.81. The summed E-state index contributed by atoms with van der Waals surface area (Å²) in [5.41, 5.74) is -0.196. The third-order valence-electron chi connectivity index (χ3n) is 2.30. The molecule has 0 aliphatic carbocycles. The van der Waals surface area contributed by atoms with Gasteiger partial charge in [0.25, 0.3) is 0 Å². The lowest BCUT2D eigenvalue weighted by molar-refractivity contribution is 0.00727. The first kappa shape index (κ1) is 14.4. The predicted molar refractivity (Wildman–Crippen MR) is 60.5 cm³/mol. The summed E-state index contributed by atoms with van der Waals surface area (Å²) in [6.07, 6.45) is 3.16. The number of nitriles is 1. The minimum atomic E-state index is -0.196. The molecule has 0 rings (SSSR count). The Hall–Kier alpha value is -0.590. The second kappa shape index (κ2) is 7.67. The summed E-state index contributed by atoms with van der Waals surface area (Å²) < 4.78 is 10.5. The Morgan fingerprint density at radius 2 is 2.00 bits per heavy atom. The molecule has 0 saturated carbocycles. The second-order valence-electron chi connectivity index (χ2n) is 4.59. The second-order valence-corrected chi connectivity index (χ2v) is 4.59. The van der Waals surface area contributed by atoms with Crippen molar-refractivity contribution in [3.63, 3.8) is 0 Å². The molecule has 0 heterocycles. The first-order valence-corrected chi connectivity index (χ1v) is 5.53. The largest absolute Gasteiger partial charge is 0.382 e. The average molecular weight is 213 g/mol. The zero-order valence-corrected chi connectivity index (χ0v) is 10.4. The van der Waals surface area contributed by atoms with E-state index in [1.54, 1.807) is 7.11 Å². The molecule has 0 amide bonds. The van der Waals surface area contributed by atoms with E-state index in [2.05, 4.69) is 6.07 Å². The van der Waals surface area contributed by atoms with Gasteiger partial charge in [0.2, 0.25) is 0 Å². The predicted octanol–water partition coefficient (Wildman–Crippen LogP) is 2.76. The maximum atomic E-state index is 8.81. The molecule has 0 N–H and O–H groups in total. The van der Waals surface area contributed by atoms with Gasteiger partial charge < -0.3 is 9.47 Å². The number of ether oxygens (including phenoxy) is 2. The zero-order chi connectivity index (χ0) is 11.7. The van der Waals surface area contributed by atoms with Gasteiger partial charge in [0.1, 0.15) is 0 Å². The van der Waals surface area contributed by atoms with Crippen LogP contribution in [-0.4, -0.2) is 26.4 Å². The van der Waals surface area contributed by atoms with Crippen molar-refractivity contribution in [3.05, 3.63) is 0 Å². The molecule has 0 radical (unpaired) electrons. The van der Waals surface area contributed by atoms with Crippen LogP contribution in [0.25, 0.3) is 0 Å². The molecule has 0 fully saturated rings. The van der Waals surface area contributed by atoms with Crippen LogP contribution in [0.2, 0.25) is 0 Å². The number of hydrogen-bond donors (Lipinski definition) is 0. The number of methoxy groups -OCH3 is 1. The molecule has 3 nitrogen and oxygen atoms in total. The fourth-order valence-electron chi connectivity index (χ4n) is 1.29. The lowest BCUT2D eigenvalue weighted by Crippen LogP contribution is -2.15. The van der Waals surface area contributed by atoms with Crippen LogP contribution in [0.3, 0.4) is 0 Å². The van der Waals surface area contributed by atoms with Crippen LogP contribution >= 0.6 is 0 Å². The van der Waals surface area contributed by atoms with Crippen molar-refractivity contribution < 1.29 is 9.47 Å². The first-order chi connectivity index (χ1) is 7.02. The molecule has 1 atom stereocenters. The van der Waals surface area contributed by atoms with Crippen molar-refractivity contribution in [2.45, 2.75) is 46.1 Å². The van der Waals surface area contributed by atoms with E-state index in [9.17, 15) is 0 Å². The topological polar surface area (TPSA) is 42.2 Å². The molecule has 0 aromatic heterocycles. The molecular formula is C12H23NO2. The molecule has 0 aliphatic rings. The van der Waals surface area contributed by atoms with Gasteiger partial charge in [-0.2, -0.15) is 5.26 Å². The third kappa shape index (κ3) is 8.41. The SMILES string of the molecule is COCC(C)OCCCCC(C)(C)C#N. The molecule has 3 heteroatoms. The van der Waals surface area contributed by atoms with Gasteiger partial charge in [0.05, 0.1) is 24.2 Å². The molecule has 0 aliphatic heterocycles. The van der Waals surface area contributed by atoms with Crippen molar-refractivity contribution in [2.24, 2.45) is 5.41 Å². The quantitative estimate of drug-likeness (QED) is 0.582. The van der Waals surface area contributed by atoms with E-state index in [0.717, 1.165) is 25.9 Å². The molecule has 0 aromatic rings. The molecule has 15 heavy (non-hydrogen) atoms. The van der Waals surface area contributed by atoms with Crippen molar-refractivity contribution >= 4 is 0 Å². The maximum Gasteiger partial charge on any atom is 0.0780 e. The van der Waals surface area contributed by atoms with Crippen molar-refractivity contribution in [2.75, 3.05) is 20.3 Å². The molecule has 1 unspecified atom stereocenters. The minimum Gasteiger partial charge on any atom is -0.382 e. The van der Waals surface area contributed by atoms with E-state index in [-0.39, 0.29) is 11.5 Å². The summed E-state index contributed by atoms with van der Waals surface area (Å²) in [7, 11) is 1.68. The third-order valence-corrected chi connectivity index (χ3v) is 2.30. The van der Waals surface area contributed by atoms with Gasteiger partial charge in [-0.25, -0.2) is 0 Å². The van der Waals surface area contributed by atoms with Crippen molar-refractivity contribution in [3.8, 4) is 6.07 Å². The average Bonchev–Trinajstić information content (AvgIpc) is 2.17. The Labute approximate surface area is 93.4 Å². The Kier molecular flexibility index (Phi) is 7.37. The van der Waals surface area contributed by atoms with Gasteiger partial charge in [-0.05, 0) is 40.0 Å². The summed E-state index contributed by atoms with van der Waals surface area (Å²) in [4.78, 5) is 0. The number of hydrogen-bond acceptors (Lipinski definition) is 3. The maximum absolute atomic E-state index is 8.81. The van der Waals surface area contributed by atoms with Crippen LogP contribution in [0.1, 0.15) is 40.0 Å². The van der Waals surface area contributed by atoms with Gasteiger partial charge >= 0.3 is 0 Å². The van der Waals surface area contributed by atoms with Crippen LogP contribution in [0.5, 0.6) is 0 Å². The molecule has 0 spiro atoms. The highest BCUT2D eigenvalue weighted by molar-refractivity contribution is 4.91. The summed E-state index contributed by atoms with van der Waals surface area (Å²) >= 11 is 0. The molecule has 88 valence electrons. The highest BCUT2D eigenvalue weighted by Crippen LogP contribution is 2.21. The standard InChI is InChI=1S/C12H23NO2/c1-11(9-14-4)15-8-6-5-7-12(2,3)10-13/h11H,5-9H2,1-4H3. The number of rotatable bonds is 8. The summed E-state index contributed by atoms with van der Waals surface area (Å²) in [5.74, 6) is 0. The van der Waals surface area contributed by atoms with Gasteiger partial charge in [-0.1, -0.05) is 0 Å². The Morgan fingerprint density at radius 1 is 1.33 bits per heavy atom. The monoisotopic (exact) mass is 213 g/mol. The van der Waals surface area contributed by atoms with Crippen LogP contribution < -0.4 is 0 Å². The summed E-state index contributed by atoms with van der Waals surface area (Å²) in [6.45, 7) is 7.35. The zero-order valence-electron chi connectivity index (χ0n) is 10.4. The van der Waals surface area contributed by atoms with Crippen LogP contribution in [0.4, 0.5) is 0 Å². The van der Waals surface area contributed by atoms with Gasteiger partial charge in [0, 0.05) is 13.7 Å². The van der Waals surface area contributed by atoms with E-state index < -0.39 is 0 Å². The van der Waals surface area contributed by atoms with Gasteiger partial charge in [-0.3, -0.25) is 0 Å². The smallest absolute Gasteiger partial charge is 0.0780 e. The molecular weight excluding hydrogens is 190 g/mol. The van der Waals surface area contributed by atoms with E-state index >= 15 is 0 Å². The fraction of sp³-hybridized carbons (Fsp3) is 0.917. The Balaban J connectivity index is 3.37. The molecule has 0 saturated heterocycles. The Morgan fingerprint density at radius 3 is 2.53 bits per heavy atom. The van der Waals surface area contributed by atoms with Crippen LogP contribution in [-0.2, 0) is 9.47 Å². The van der Waals surface area contributed by atoms with Gasteiger partial charge in [-0.15, -0.1) is 0 Å². The van der Waals surface area contributed by atoms with Gasteiger partial charge in [0.15, 0.2) is 0 Å². The van der Waals surface area contributed by atoms with Crippen molar-refractivity contribution in [1.82, 2.24) is 0 Å². The molecule has 0 aromatic carbocycles.